The molecule has 1 aliphatic heterocycles. The van der Waals surface area contributed by atoms with Crippen molar-refractivity contribution in [1.82, 2.24) is 14.8 Å². The number of pyridine rings is 1. The molecule has 2 aromatic rings. The number of benzene rings is 1. The zero-order chi connectivity index (χ0) is 21.8. The first kappa shape index (κ1) is 21.4. The average Bonchev–Trinajstić information content (AvgIpc) is 2.75. The van der Waals surface area contributed by atoms with Crippen LogP contribution in [0.2, 0.25) is 0 Å². The van der Waals surface area contributed by atoms with Crippen molar-refractivity contribution in [1.29, 1.82) is 0 Å². The van der Waals surface area contributed by atoms with Gasteiger partial charge in [0.15, 0.2) is 0 Å². The zero-order valence-electron chi connectivity index (χ0n) is 18.0. The number of piperazine rings is 1. The Hall–Kier alpha value is -3.29. The van der Waals surface area contributed by atoms with Crippen LogP contribution in [0.5, 0.6) is 0 Å². The molecule has 2 heterocycles. The third-order valence-electron chi connectivity index (χ3n) is 5.71. The molecule has 1 saturated heterocycles. The number of carbonyl (C=O) groups excluding carboxylic acids is 2. The molecule has 0 radical (unpaired) electrons. The Morgan fingerprint density at radius 2 is 1.70 bits per heavy atom. The van der Waals surface area contributed by atoms with E-state index in [1.54, 1.807) is 24.0 Å². The molecule has 0 bridgehead atoms. The summed E-state index contributed by atoms with van der Waals surface area (Å²) in [6.45, 7) is 8.67. The van der Waals surface area contributed by atoms with E-state index in [-0.39, 0.29) is 23.7 Å². The summed E-state index contributed by atoms with van der Waals surface area (Å²) in [5.74, 6) is -0.0992. The molecule has 0 aliphatic carbocycles. The maximum atomic E-state index is 12.9. The van der Waals surface area contributed by atoms with Crippen LogP contribution in [0.15, 0.2) is 35.1 Å². The fraction of sp³-hybridized carbons (Fsp3) is 0.409. The summed E-state index contributed by atoms with van der Waals surface area (Å²) in [5, 5.41) is 4.91. The second-order valence-electron chi connectivity index (χ2n) is 7.57. The van der Waals surface area contributed by atoms with Gasteiger partial charge in [-0.1, -0.05) is 12.1 Å². The van der Waals surface area contributed by atoms with Gasteiger partial charge in [0, 0.05) is 44.6 Å². The van der Waals surface area contributed by atoms with Crippen molar-refractivity contribution in [3.8, 4) is 0 Å². The van der Waals surface area contributed by atoms with E-state index in [1.807, 2.05) is 0 Å². The van der Waals surface area contributed by atoms with Crippen molar-refractivity contribution in [3.63, 3.8) is 0 Å². The first-order valence-corrected chi connectivity index (χ1v) is 10.1. The lowest BCUT2D eigenvalue weighted by Crippen LogP contribution is -2.50. The highest BCUT2D eigenvalue weighted by Crippen LogP contribution is 2.23. The number of anilines is 2. The summed E-state index contributed by atoms with van der Waals surface area (Å²) in [7, 11) is 1.48. The van der Waals surface area contributed by atoms with Crippen LogP contribution in [0, 0.1) is 20.8 Å². The Morgan fingerprint density at radius 1 is 1.00 bits per heavy atom. The van der Waals surface area contributed by atoms with Crippen LogP contribution < -0.4 is 21.1 Å². The Bertz CT molecular complexity index is 1010. The van der Waals surface area contributed by atoms with Gasteiger partial charge in [0.05, 0.1) is 0 Å². The van der Waals surface area contributed by atoms with Crippen molar-refractivity contribution in [2.45, 2.75) is 27.3 Å². The molecule has 30 heavy (non-hydrogen) atoms. The quantitative estimate of drug-likeness (QED) is 0.804. The number of nitrogens with one attached hydrogen (secondary N) is 2. The second kappa shape index (κ2) is 9.02. The predicted molar refractivity (Wildman–Crippen MR) is 118 cm³/mol. The number of nitrogens with zero attached hydrogens (tertiary/aromatic N) is 3. The molecule has 3 amide bonds. The van der Waals surface area contributed by atoms with Gasteiger partial charge in [0.1, 0.15) is 12.2 Å². The molecule has 1 aromatic heterocycles. The molecular weight excluding hydrogens is 382 g/mol. The molecular formula is C22H29N5O3. The molecule has 2 N–H and O–H groups in total. The Morgan fingerprint density at radius 3 is 2.37 bits per heavy atom. The van der Waals surface area contributed by atoms with Crippen LogP contribution in [0.25, 0.3) is 0 Å². The summed E-state index contributed by atoms with van der Waals surface area (Å²) >= 11 is 0. The number of hydrogen-bond donors (Lipinski definition) is 2. The fourth-order valence-electron chi connectivity index (χ4n) is 3.66. The van der Waals surface area contributed by atoms with Crippen LogP contribution in [-0.4, -0.2) is 54.6 Å². The lowest BCUT2D eigenvalue weighted by atomic mass is 10.1. The van der Waals surface area contributed by atoms with Crippen molar-refractivity contribution < 1.29 is 9.59 Å². The van der Waals surface area contributed by atoms with E-state index in [2.05, 4.69) is 47.6 Å². The number of urea groups is 1. The number of hydrogen-bond acceptors (Lipinski definition) is 4. The van der Waals surface area contributed by atoms with Crippen LogP contribution >= 0.6 is 0 Å². The number of carbonyl (C=O) groups is 2. The molecule has 0 atom stereocenters. The molecule has 8 heteroatoms. The minimum absolute atomic E-state index is 0.0442. The minimum atomic E-state index is -0.476. The van der Waals surface area contributed by atoms with E-state index >= 15 is 0 Å². The van der Waals surface area contributed by atoms with Gasteiger partial charge in [-0.05, 0) is 50.1 Å². The second-order valence-corrected chi connectivity index (χ2v) is 7.57. The number of rotatable bonds is 4. The molecule has 0 unspecified atom stereocenters. The fourth-order valence-corrected chi connectivity index (χ4v) is 3.66. The van der Waals surface area contributed by atoms with Crippen molar-refractivity contribution >= 4 is 23.3 Å². The molecule has 8 nitrogen and oxygen atoms in total. The van der Waals surface area contributed by atoms with Crippen molar-refractivity contribution in [3.05, 3.63) is 57.5 Å². The summed E-state index contributed by atoms with van der Waals surface area (Å²) in [4.78, 5) is 41.2. The van der Waals surface area contributed by atoms with E-state index in [1.165, 1.54) is 28.4 Å². The van der Waals surface area contributed by atoms with E-state index < -0.39 is 6.03 Å². The van der Waals surface area contributed by atoms with Gasteiger partial charge < -0.3 is 25.0 Å². The molecule has 3 rings (SSSR count). The molecule has 1 aliphatic rings. The van der Waals surface area contributed by atoms with Crippen LogP contribution in [0.1, 0.15) is 16.8 Å². The summed E-state index contributed by atoms with van der Waals surface area (Å²) in [5.41, 5.74) is 4.16. The molecule has 0 spiro atoms. The monoisotopic (exact) mass is 411 g/mol. The highest BCUT2D eigenvalue weighted by atomic mass is 16.2. The topological polar surface area (TPSA) is 86.7 Å². The smallest absolute Gasteiger partial charge is 0.319 e. The van der Waals surface area contributed by atoms with E-state index in [4.69, 9.17) is 0 Å². The summed E-state index contributed by atoms with van der Waals surface area (Å²) in [6, 6.07) is 9.08. The maximum Gasteiger partial charge on any atom is 0.319 e. The standard InChI is InChI=1S/C22H29N5O3/c1-15-6-5-7-19(17(15)3)25-10-12-26(13-11-25)20(28)14-27-16(2)8-9-18(21(27)29)24-22(30)23-4/h5-9H,10-14H2,1-4H3,(H2,23,24,30). The van der Waals surface area contributed by atoms with Gasteiger partial charge in [0.25, 0.3) is 5.56 Å². The Kier molecular flexibility index (Phi) is 6.44. The van der Waals surface area contributed by atoms with Gasteiger partial charge in [-0.25, -0.2) is 4.79 Å². The van der Waals surface area contributed by atoms with Gasteiger partial charge in [-0.3, -0.25) is 9.59 Å². The first-order valence-electron chi connectivity index (χ1n) is 10.1. The van der Waals surface area contributed by atoms with Gasteiger partial charge in [-0.2, -0.15) is 0 Å². The molecule has 1 aromatic carbocycles. The molecule has 160 valence electrons. The van der Waals surface area contributed by atoms with Crippen LogP contribution in [-0.2, 0) is 11.3 Å². The van der Waals surface area contributed by atoms with Crippen molar-refractivity contribution in [2.24, 2.45) is 0 Å². The third-order valence-corrected chi connectivity index (χ3v) is 5.71. The number of aryl methyl sites for hydroxylation is 2. The van der Waals surface area contributed by atoms with E-state index in [0.29, 0.717) is 18.8 Å². The first-order chi connectivity index (χ1) is 14.3. The average molecular weight is 412 g/mol. The zero-order valence-corrected chi connectivity index (χ0v) is 18.0. The number of amides is 3. The maximum absolute atomic E-state index is 12.9. The third kappa shape index (κ3) is 4.48. The van der Waals surface area contributed by atoms with Gasteiger partial charge >= 0.3 is 6.03 Å². The lowest BCUT2D eigenvalue weighted by Gasteiger charge is -2.37. The summed E-state index contributed by atoms with van der Waals surface area (Å²) in [6.07, 6.45) is 0. The van der Waals surface area contributed by atoms with Gasteiger partial charge in [0.2, 0.25) is 5.91 Å². The Balaban J connectivity index is 1.68. The minimum Gasteiger partial charge on any atom is -0.368 e. The lowest BCUT2D eigenvalue weighted by molar-refractivity contribution is -0.132. The van der Waals surface area contributed by atoms with Gasteiger partial charge in [-0.15, -0.1) is 0 Å². The van der Waals surface area contributed by atoms with Crippen LogP contribution in [0.3, 0.4) is 0 Å². The van der Waals surface area contributed by atoms with Crippen LogP contribution in [0.4, 0.5) is 16.2 Å². The summed E-state index contributed by atoms with van der Waals surface area (Å²) < 4.78 is 1.41. The Labute approximate surface area is 176 Å². The molecule has 0 saturated carbocycles. The largest absolute Gasteiger partial charge is 0.368 e. The van der Waals surface area contributed by atoms with E-state index in [9.17, 15) is 14.4 Å². The van der Waals surface area contributed by atoms with E-state index in [0.717, 1.165) is 13.1 Å². The predicted octanol–water partition coefficient (Wildman–Crippen LogP) is 1.87. The highest BCUT2D eigenvalue weighted by molar-refractivity contribution is 5.88. The number of aromatic nitrogens is 1. The normalized spacial score (nSPS) is 13.9. The highest BCUT2D eigenvalue weighted by Gasteiger charge is 2.23. The SMILES string of the molecule is CNC(=O)Nc1ccc(C)n(CC(=O)N2CCN(c3cccc(C)c3C)CC2)c1=O. The molecule has 1 fully saturated rings. The van der Waals surface area contributed by atoms with Crippen molar-refractivity contribution in [2.75, 3.05) is 43.4 Å².